The minimum atomic E-state index is -0.645. The van der Waals surface area contributed by atoms with Gasteiger partial charge in [-0.25, -0.2) is 0 Å². The molecule has 0 fully saturated rings. The second-order valence-electron chi connectivity index (χ2n) is 5.02. The number of hydrogen-bond donors (Lipinski definition) is 2. The maximum Gasteiger partial charge on any atom is 0.261 e. The summed E-state index contributed by atoms with van der Waals surface area (Å²) in [6.07, 6.45) is -0.645. The Balaban J connectivity index is 1.80. The van der Waals surface area contributed by atoms with Crippen molar-refractivity contribution < 1.29 is 19.4 Å². The fourth-order valence-corrected chi connectivity index (χ4v) is 2.89. The molecule has 0 aliphatic carbocycles. The third-order valence-corrected chi connectivity index (χ3v) is 4.32. The number of carbonyl (C=O) groups is 2. The maximum atomic E-state index is 12.1. The molecule has 0 heterocycles. The summed E-state index contributed by atoms with van der Waals surface area (Å²) in [6.45, 7) is 0. The minimum absolute atomic E-state index is 0.0881. The molecule has 2 rings (SSSR count). The lowest BCUT2D eigenvalue weighted by molar-refractivity contribution is -0.117. The first-order valence-corrected chi connectivity index (χ1v) is 8.55. The Morgan fingerprint density at radius 2 is 1.79 bits per heavy atom. The van der Waals surface area contributed by atoms with Crippen LogP contribution in [0.1, 0.15) is 22.0 Å². The number of hydrogen-bond acceptors (Lipinski definition) is 5. The van der Waals surface area contributed by atoms with Gasteiger partial charge in [-0.3, -0.25) is 14.9 Å². The minimum Gasteiger partial charge on any atom is -0.496 e. The molecule has 0 saturated heterocycles. The van der Waals surface area contributed by atoms with Crippen molar-refractivity contribution in [3.8, 4) is 5.75 Å². The van der Waals surface area contributed by atoms with Gasteiger partial charge in [-0.15, -0.1) is 11.8 Å². The highest BCUT2D eigenvalue weighted by molar-refractivity contribution is 7.99. The molecule has 0 aromatic heterocycles. The molecule has 0 aliphatic rings. The number of amides is 2. The second-order valence-corrected chi connectivity index (χ2v) is 6.05. The van der Waals surface area contributed by atoms with E-state index in [1.54, 1.807) is 24.3 Å². The Bertz CT molecular complexity index is 690. The van der Waals surface area contributed by atoms with Gasteiger partial charge < -0.3 is 9.84 Å². The van der Waals surface area contributed by atoms with Gasteiger partial charge in [0.15, 0.2) is 0 Å². The van der Waals surface area contributed by atoms with Gasteiger partial charge in [0.1, 0.15) is 5.75 Å². The fraction of sp³-hybridized carbons (Fsp3) is 0.222. The number of nitrogens with one attached hydrogen (secondary N) is 1. The van der Waals surface area contributed by atoms with Gasteiger partial charge in [-0.05, 0) is 17.7 Å². The van der Waals surface area contributed by atoms with Crippen LogP contribution < -0.4 is 10.1 Å². The zero-order valence-electron chi connectivity index (χ0n) is 13.3. The summed E-state index contributed by atoms with van der Waals surface area (Å²) in [6, 6.07) is 15.9. The molecule has 6 heteroatoms. The van der Waals surface area contributed by atoms with E-state index in [4.69, 9.17) is 4.74 Å². The van der Waals surface area contributed by atoms with Crippen LogP contribution >= 0.6 is 11.8 Å². The molecule has 5 nitrogen and oxygen atoms in total. The van der Waals surface area contributed by atoms with E-state index in [9.17, 15) is 14.7 Å². The molecule has 2 N–H and O–H groups in total. The maximum absolute atomic E-state index is 12.1. The Hall–Kier alpha value is -2.31. The molecule has 0 bridgehead atoms. The first-order valence-electron chi connectivity index (χ1n) is 7.39. The van der Waals surface area contributed by atoms with Crippen molar-refractivity contribution in [2.75, 3.05) is 18.6 Å². The van der Waals surface area contributed by atoms with E-state index in [0.717, 1.165) is 5.56 Å². The Kier molecular flexibility index (Phi) is 6.84. The van der Waals surface area contributed by atoms with Gasteiger partial charge in [0, 0.05) is 5.75 Å². The van der Waals surface area contributed by atoms with Crippen molar-refractivity contribution in [2.24, 2.45) is 0 Å². The normalized spacial score (nSPS) is 11.6. The van der Waals surface area contributed by atoms with Gasteiger partial charge in [0.2, 0.25) is 5.91 Å². The lowest BCUT2D eigenvalue weighted by Gasteiger charge is -2.11. The summed E-state index contributed by atoms with van der Waals surface area (Å²) in [5.74, 6) is -0.0294. The number of benzene rings is 2. The van der Waals surface area contributed by atoms with E-state index in [1.807, 2.05) is 30.3 Å². The van der Waals surface area contributed by atoms with Gasteiger partial charge in [-0.1, -0.05) is 42.5 Å². The molecule has 1 unspecified atom stereocenters. The lowest BCUT2D eigenvalue weighted by atomic mass is 10.1. The third-order valence-electron chi connectivity index (χ3n) is 3.30. The molecule has 2 amide bonds. The summed E-state index contributed by atoms with van der Waals surface area (Å²) >= 11 is 1.27. The van der Waals surface area contributed by atoms with Crippen molar-refractivity contribution in [3.63, 3.8) is 0 Å². The number of carbonyl (C=O) groups excluding carboxylic acids is 2. The number of methoxy groups -OCH3 is 1. The van der Waals surface area contributed by atoms with E-state index in [1.165, 1.54) is 18.9 Å². The van der Waals surface area contributed by atoms with Crippen LogP contribution in [0.4, 0.5) is 0 Å². The highest BCUT2D eigenvalue weighted by atomic mass is 32.2. The van der Waals surface area contributed by atoms with Gasteiger partial charge in [-0.2, -0.15) is 0 Å². The first-order chi connectivity index (χ1) is 11.6. The molecule has 1 atom stereocenters. The number of aliphatic hydroxyl groups excluding tert-OH is 1. The Morgan fingerprint density at radius 3 is 2.50 bits per heavy atom. The molecular weight excluding hydrogens is 326 g/mol. The molecule has 126 valence electrons. The molecule has 0 radical (unpaired) electrons. The number of ether oxygens (including phenoxy) is 1. The fourth-order valence-electron chi connectivity index (χ4n) is 2.10. The predicted molar refractivity (Wildman–Crippen MR) is 94.2 cm³/mol. The third kappa shape index (κ3) is 5.11. The summed E-state index contributed by atoms with van der Waals surface area (Å²) in [5.41, 5.74) is 1.11. The Morgan fingerprint density at radius 1 is 1.12 bits per heavy atom. The number of rotatable bonds is 7. The van der Waals surface area contributed by atoms with Crippen LogP contribution in [0.5, 0.6) is 5.75 Å². The standard InChI is InChI=1S/C18H19NO4S/c1-23-16-10-6-5-9-14(16)18(22)19-17(21)12-24-11-15(20)13-7-3-2-4-8-13/h2-10,15,20H,11-12H2,1H3,(H,19,21,22). The van der Waals surface area contributed by atoms with Crippen LogP contribution in [0.2, 0.25) is 0 Å². The molecule has 24 heavy (non-hydrogen) atoms. The van der Waals surface area contributed by atoms with Crippen molar-refractivity contribution in [1.29, 1.82) is 0 Å². The highest BCUT2D eigenvalue weighted by Crippen LogP contribution is 2.18. The molecule has 0 spiro atoms. The van der Waals surface area contributed by atoms with Crippen LogP contribution in [0.15, 0.2) is 54.6 Å². The van der Waals surface area contributed by atoms with Crippen molar-refractivity contribution in [1.82, 2.24) is 5.32 Å². The van der Waals surface area contributed by atoms with Gasteiger partial charge >= 0.3 is 0 Å². The van der Waals surface area contributed by atoms with E-state index < -0.39 is 17.9 Å². The average Bonchev–Trinajstić information content (AvgIpc) is 2.62. The van der Waals surface area contributed by atoms with Crippen molar-refractivity contribution in [2.45, 2.75) is 6.10 Å². The summed E-state index contributed by atoms with van der Waals surface area (Å²) in [4.78, 5) is 24.0. The van der Waals surface area contributed by atoms with Crippen LogP contribution in [0.25, 0.3) is 0 Å². The summed E-state index contributed by atoms with van der Waals surface area (Å²) < 4.78 is 5.10. The number of imide groups is 1. The van der Waals surface area contributed by atoms with E-state index in [2.05, 4.69) is 5.32 Å². The topological polar surface area (TPSA) is 75.6 Å². The quantitative estimate of drug-likeness (QED) is 0.806. The first kappa shape index (κ1) is 18.0. The lowest BCUT2D eigenvalue weighted by Crippen LogP contribution is -2.32. The zero-order chi connectivity index (χ0) is 17.4. The molecule has 2 aromatic rings. The van der Waals surface area contributed by atoms with Gasteiger partial charge in [0.25, 0.3) is 5.91 Å². The van der Waals surface area contributed by atoms with Gasteiger partial charge in [0.05, 0.1) is 24.5 Å². The number of thioether (sulfide) groups is 1. The van der Waals surface area contributed by atoms with E-state index >= 15 is 0 Å². The zero-order valence-corrected chi connectivity index (χ0v) is 14.1. The highest BCUT2D eigenvalue weighted by Gasteiger charge is 2.15. The number of para-hydroxylation sites is 1. The van der Waals surface area contributed by atoms with Crippen molar-refractivity contribution >= 4 is 23.6 Å². The van der Waals surface area contributed by atoms with E-state index in [0.29, 0.717) is 17.1 Å². The van der Waals surface area contributed by atoms with Crippen LogP contribution in [-0.4, -0.2) is 35.5 Å². The summed E-state index contributed by atoms with van der Waals surface area (Å²) in [5, 5.41) is 12.3. The molecule has 2 aromatic carbocycles. The number of aliphatic hydroxyl groups is 1. The summed E-state index contributed by atoms with van der Waals surface area (Å²) in [7, 11) is 1.47. The Labute approximate surface area is 145 Å². The van der Waals surface area contributed by atoms with Crippen LogP contribution in [0.3, 0.4) is 0 Å². The average molecular weight is 345 g/mol. The predicted octanol–water partition coefficient (Wildman–Crippen LogP) is 2.42. The molecule has 0 aliphatic heterocycles. The second kappa shape index (κ2) is 9.10. The molecule has 0 saturated carbocycles. The SMILES string of the molecule is COc1ccccc1C(=O)NC(=O)CSCC(O)c1ccccc1. The van der Waals surface area contributed by atoms with E-state index in [-0.39, 0.29) is 5.75 Å². The smallest absolute Gasteiger partial charge is 0.261 e. The van der Waals surface area contributed by atoms with Crippen LogP contribution in [-0.2, 0) is 4.79 Å². The van der Waals surface area contributed by atoms with Crippen molar-refractivity contribution in [3.05, 3.63) is 65.7 Å². The monoisotopic (exact) mass is 345 g/mol. The molecular formula is C18H19NO4S. The van der Waals surface area contributed by atoms with Crippen LogP contribution in [0, 0.1) is 0 Å². The largest absolute Gasteiger partial charge is 0.496 e.